The van der Waals surface area contributed by atoms with Crippen molar-refractivity contribution in [3.8, 4) is 5.75 Å². The van der Waals surface area contributed by atoms with Crippen molar-refractivity contribution in [2.24, 2.45) is 5.92 Å². The first-order valence-electron chi connectivity index (χ1n) is 6.57. The molecule has 1 saturated heterocycles. The van der Waals surface area contributed by atoms with Crippen LogP contribution < -0.4 is 4.74 Å². The molecule has 0 aliphatic carbocycles. The number of carboxylic acid groups (broad SMARTS) is 1. The van der Waals surface area contributed by atoms with Gasteiger partial charge < -0.3 is 9.84 Å². The van der Waals surface area contributed by atoms with Gasteiger partial charge in [0.25, 0.3) is 0 Å². The maximum absolute atomic E-state index is 10.7. The Morgan fingerprint density at radius 1 is 1.40 bits per heavy atom. The first-order chi connectivity index (χ1) is 9.56. The number of ether oxygens (including phenoxy) is 1. The molecule has 1 aromatic carbocycles. The molecule has 1 aliphatic rings. The van der Waals surface area contributed by atoms with Crippen molar-refractivity contribution in [2.45, 2.75) is 12.8 Å². The fourth-order valence-corrected chi connectivity index (χ4v) is 2.93. The lowest BCUT2D eigenvalue weighted by Gasteiger charge is -2.16. The van der Waals surface area contributed by atoms with Gasteiger partial charge in [0.05, 0.1) is 10.0 Å². The summed E-state index contributed by atoms with van der Waals surface area (Å²) in [5.74, 6) is 0.0319. The average Bonchev–Trinajstić information content (AvgIpc) is 2.79. The van der Waals surface area contributed by atoms with Gasteiger partial charge >= 0.3 is 5.97 Å². The number of likely N-dealkylation sites (tertiary alicyclic amines) is 1. The molecule has 4 nitrogen and oxygen atoms in total. The largest absolute Gasteiger partial charge is 0.489 e. The second-order valence-electron chi connectivity index (χ2n) is 4.95. The Morgan fingerprint density at radius 2 is 2.10 bits per heavy atom. The molecule has 0 aromatic heterocycles. The number of halogens is 2. The molecule has 6 heteroatoms. The van der Waals surface area contributed by atoms with E-state index in [0.29, 0.717) is 22.4 Å². The van der Waals surface area contributed by atoms with E-state index in [4.69, 9.17) is 33.0 Å². The van der Waals surface area contributed by atoms with Gasteiger partial charge in [-0.05, 0) is 31.0 Å². The molecule has 0 bridgehead atoms. The molecule has 0 spiro atoms. The monoisotopic (exact) mass is 317 g/mol. The minimum atomic E-state index is -0.726. The maximum Gasteiger partial charge on any atom is 0.303 e. The topological polar surface area (TPSA) is 49.8 Å². The van der Waals surface area contributed by atoms with Crippen molar-refractivity contribution in [1.29, 1.82) is 0 Å². The van der Waals surface area contributed by atoms with Crippen molar-refractivity contribution in [2.75, 3.05) is 26.2 Å². The van der Waals surface area contributed by atoms with E-state index >= 15 is 0 Å². The van der Waals surface area contributed by atoms with Crippen molar-refractivity contribution in [3.63, 3.8) is 0 Å². The highest BCUT2D eigenvalue weighted by Crippen LogP contribution is 2.32. The maximum atomic E-state index is 10.7. The number of rotatable bonds is 6. The summed E-state index contributed by atoms with van der Waals surface area (Å²) in [6, 6.07) is 5.25. The van der Waals surface area contributed by atoms with Gasteiger partial charge in [0.15, 0.2) is 5.75 Å². The van der Waals surface area contributed by atoms with Crippen LogP contribution in [0, 0.1) is 5.92 Å². The third kappa shape index (κ3) is 4.27. The van der Waals surface area contributed by atoms with Gasteiger partial charge in [0, 0.05) is 19.5 Å². The second-order valence-corrected chi connectivity index (χ2v) is 5.77. The fourth-order valence-electron chi connectivity index (χ4n) is 2.43. The molecule has 1 aliphatic heterocycles. The summed E-state index contributed by atoms with van der Waals surface area (Å²) >= 11 is 12.0. The van der Waals surface area contributed by atoms with Crippen LogP contribution in [0.25, 0.3) is 0 Å². The predicted octanol–water partition coefficient (Wildman–Crippen LogP) is 3.17. The van der Waals surface area contributed by atoms with E-state index < -0.39 is 5.97 Å². The van der Waals surface area contributed by atoms with E-state index in [9.17, 15) is 4.79 Å². The number of carboxylic acids is 1. The Kier molecular flexibility index (Phi) is 5.52. The van der Waals surface area contributed by atoms with Crippen molar-refractivity contribution < 1.29 is 14.6 Å². The van der Waals surface area contributed by atoms with Crippen LogP contribution in [-0.2, 0) is 4.79 Å². The zero-order valence-corrected chi connectivity index (χ0v) is 12.5. The molecule has 110 valence electrons. The van der Waals surface area contributed by atoms with Gasteiger partial charge in [-0.2, -0.15) is 0 Å². The highest BCUT2D eigenvalue weighted by atomic mass is 35.5. The zero-order chi connectivity index (χ0) is 14.5. The minimum Gasteiger partial charge on any atom is -0.489 e. The Bertz CT molecular complexity index is 461. The molecule has 0 radical (unpaired) electrons. The van der Waals surface area contributed by atoms with Gasteiger partial charge in [-0.1, -0.05) is 29.3 Å². The van der Waals surface area contributed by atoms with Crippen LogP contribution in [0.3, 0.4) is 0 Å². The van der Waals surface area contributed by atoms with Crippen LogP contribution in [0.1, 0.15) is 12.8 Å². The lowest BCUT2D eigenvalue weighted by molar-refractivity contribution is -0.138. The van der Waals surface area contributed by atoms with Crippen molar-refractivity contribution in [3.05, 3.63) is 28.2 Å². The minimum absolute atomic E-state index is 0.244. The summed E-state index contributed by atoms with van der Waals surface area (Å²) in [7, 11) is 0. The average molecular weight is 318 g/mol. The normalized spacial score (nSPS) is 19.2. The van der Waals surface area contributed by atoms with E-state index in [1.54, 1.807) is 18.2 Å². The molecule has 2 rings (SSSR count). The van der Waals surface area contributed by atoms with E-state index in [2.05, 4.69) is 4.90 Å². The molecule has 1 aromatic rings. The highest BCUT2D eigenvalue weighted by Gasteiger charge is 2.24. The number of hydrogen-bond donors (Lipinski definition) is 1. The van der Waals surface area contributed by atoms with Crippen LogP contribution in [0.2, 0.25) is 10.0 Å². The highest BCUT2D eigenvalue weighted by molar-refractivity contribution is 6.37. The summed E-state index contributed by atoms with van der Waals surface area (Å²) in [6.07, 6.45) is 1.17. The Labute approximate surface area is 128 Å². The molecular weight excluding hydrogens is 301 g/mol. The Balaban J connectivity index is 1.76. The molecule has 1 fully saturated rings. The zero-order valence-electron chi connectivity index (χ0n) is 11.0. The van der Waals surface area contributed by atoms with Crippen LogP contribution in [-0.4, -0.2) is 42.2 Å². The van der Waals surface area contributed by atoms with E-state index in [1.807, 2.05) is 0 Å². The van der Waals surface area contributed by atoms with Gasteiger partial charge in [0.2, 0.25) is 0 Å². The number of benzene rings is 1. The van der Waals surface area contributed by atoms with E-state index in [1.165, 1.54) is 0 Å². The number of para-hydroxylation sites is 1. The van der Waals surface area contributed by atoms with Gasteiger partial charge in [0.1, 0.15) is 6.61 Å². The molecule has 1 heterocycles. The molecule has 20 heavy (non-hydrogen) atoms. The molecular formula is C14H17Cl2NO3. The van der Waals surface area contributed by atoms with Crippen LogP contribution >= 0.6 is 23.2 Å². The molecule has 1 N–H and O–H groups in total. The third-order valence-electron chi connectivity index (χ3n) is 3.41. The number of aliphatic carboxylic acids is 1. The van der Waals surface area contributed by atoms with Crippen LogP contribution in [0.4, 0.5) is 0 Å². The first-order valence-corrected chi connectivity index (χ1v) is 7.33. The van der Waals surface area contributed by atoms with E-state index in [0.717, 1.165) is 26.1 Å². The number of hydrogen-bond acceptors (Lipinski definition) is 3. The summed E-state index contributed by atoms with van der Waals surface area (Å²) in [5.41, 5.74) is 0. The molecule has 0 amide bonds. The van der Waals surface area contributed by atoms with Crippen molar-refractivity contribution in [1.82, 2.24) is 4.90 Å². The predicted molar refractivity (Wildman–Crippen MR) is 78.8 cm³/mol. The summed E-state index contributed by atoms with van der Waals surface area (Å²) in [6.45, 7) is 2.96. The Hall–Kier alpha value is -0.970. The summed E-state index contributed by atoms with van der Waals surface area (Å²) < 4.78 is 5.62. The summed E-state index contributed by atoms with van der Waals surface area (Å²) in [4.78, 5) is 12.9. The standard InChI is InChI=1S/C14H17Cl2NO3/c15-11-2-1-3-12(16)14(11)20-7-6-17-5-4-10(9-17)8-13(18)19/h1-3,10H,4-9H2,(H,18,19). The number of nitrogens with zero attached hydrogens (tertiary/aromatic N) is 1. The first kappa shape index (κ1) is 15.4. The van der Waals surface area contributed by atoms with Crippen molar-refractivity contribution >= 4 is 29.2 Å². The second kappa shape index (κ2) is 7.16. The fraction of sp³-hybridized carbons (Fsp3) is 0.500. The van der Waals surface area contributed by atoms with Crippen LogP contribution in [0.5, 0.6) is 5.75 Å². The molecule has 0 saturated carbocycles. The lowest BCUT2D eigenvalue weighted by Crippen LogP contribution is -2.26. The van der Waals surface area contributed by atoms with Crippen LogP contribution in [0.15, 0.2) is 18.2 Å². The summed E-state index contributed by atoms with van der Waals surface area (Å²) in [5, 5.41) is 9.78. The van der Waals surface area contributed by atoms with Gasteiger partial charge in [-0.25, -0.2) is 0 Å². The number of carbonyl (C=O) groups is 1. The smallest absolute Gasteiger partial charge is 0.303 e. The van der Waals surface area contributed by atoms with Gasteiger partial charge in [-0.15, -0.1) is 0 Å². The molecule has 1 atom stereocenters. The van der Waals surface area contributed by atoms with E-state index in [-0.39, 0.29) is 12.3 Å². The quantitative estimate of drug-likeness (QED) is 0.875. The lowest BCUT2D eigenvalue weighted by atomic mass is 10.1. The third-order valence-corrected chi connectivity index (χ3v) is 4.00. The molecule has 1 unspecified atom stereocenters. The van der Waals surface area contributed by atoms with Gasteiger partial charge in [-0.3, -0.25) is 9.69 Å². The SMILES string of the molecule is O=C(O)CC1CCN(CCOc2c(Cl)cccc2Cl)C1. The Morgan fingerprint density at radius 3 is 2.75 bits per heavy atom.